The van der Waals surface area contributed by atoms with Gasteiger partial charge in [-0.15, -0.1) is 0 Å². The smallest absolute Gasteiger partial charge is 0.333 e. The Morgan fingerprint density at radius 2 is 1.73 bits per heavy atom. The van der Waals surface area contributed by atoms with Gasteiger partial charge in [0, 0.05) is 5.41 Å². The first-order valence-electron chi connectivity index (χ1n) is 5.99. The number of hydrogen-bond acceptors (Lipinski definition) is 2. The van der Waals surface area contributed by atoms with Crippen LogP contribution in [-0.2, 0) is 4.79 Å². The lowest BCUT2D eigenvalue weighted by Gasteiger charge is -2.28. The molecule has 1 atom stereocenters. The minimum Gasteiger partial charge on any atom is -0.479 e. The Bertz CT molecular complexity index is 215. The van der Waals surface area contributed by atoms with E-state index in [9.17, 15) is 9.90 Å². The summed E-state index contributed by atoms with van der Waals surface area (Å²) < 4.78 is 0. The van der Waals surface area contributed by atoms with Gasteiger partial charge < -0.3 is 10.2 Å². The second kappa shape index (κ2) is 4.97. The molecule has 2 N–H and O–H groups in total. The molecule has 15 heavy (non-hydrogen) atoms. The summed E-state index contributed by atoms with van der Waals surface area (Å²) in [6, 6.07) is 0. The maximum absolute atomic E-state index is 10.8. The standard InChI is InChI=1S/C12H22O3/c1-3-5-9(6-4-2)12(7-8-12)10(13)11(14)15/h9-10,13H,3-8H2,1-2H3,(H,14,15). The fourth-order valence-corrected chi connectivity index (χ4v) is 2.71. The molecule has 0 amide bonds. The van der Waals surface area contributed by atoms with Crippen molar-refractivity contribution >= 4 is 5.97 Å². The molecule has 1 saturated carbocycles. The molecular formula is C12H22O3. The summed E-state index contributed by atoms with van der Waals surface area (Å²) in [7, 11) is 0. The molecule has 0 aromatic carbocycles. The fourth-order valence-electron chi connectivity index (χ4n) is 2.71. The molecule has 0 saturated heterocycles. The number of carboxylic acids is 1. The third kappa shape index (κ3) is 2.51. The molecule has 1 rings (SSSR count). The van der Waals surface area contributed by atoms with Gasteiger partial charge in [-0.05, 0) is 18.8 Å². The molecule has 0 spiro atoms. The normalized spacial score (nSPS) is 20.3. The quantitative estimate of drug-likeness (QED) is 0.684. The second-order valence-electron chi connectivity index (χ2n) is 4.75. The number of hydrogen-bond donors (Lipinski definition) is 2. The van der Waals surface area contributed by atoms with Crippen LogP contribution in [0.15, 0.2) is 0 Å². The van der Waals surface area contributed by atoms with Crippen molar-refractivity contribution < 1.29 is 15.0 Å². The van der Waals surface area contributed by atoms with E-state index in [0.717, 1.165) is 38.5 Å². The monoisotopic (exact) mass is 214 g/mol. The molecular weight excluding hydrogens is 192 g/mol. The zero-order valence-electron chi connectivity index (χ0n) is 9.70. The first-order chi connectivity index (χ1) is 7.08. The van der Waals surface area contributed by atoms with Crippen LogP contribution in [0.4, 0.5) is 0 Å². The van der Waals surface area contributed by atoms with E-state index in [-0.39, 0.29) is 5.41 Å². The first-order valence-corrected chi connectivity index (χ1v) is 5.99. The molecule has 1 aliphatic rings. The van der Waals surface area contributed by atoms with Gasteiger partial charge in [0.1, 0.15) is 0 Å². The van der Waals surface area contributed by atoms with Crippen LogP contribution in [-0.4, -0.2) is 22.3 Å². The Balaban J connectivity index is 2.68. The third-order valence-electron chi connectivity index (χ3n) is 3.69. The van der Waals surface area contributed by atoms with Gasteiger partial charge in [0.2, 0.25) is 0 Å². The largest absolute Gasteiger partial charge is 0.479 e. The van der Waals surface area contributed by atoms with E-state index < -0.39 is 12.1 Å². The maximum Gasteiger partial charge on any atom is 0.333 e. The van der Waals surface area contributed by atoms with Crippen molar-refractivity contribution in [3.05, 3.63) is 0 Å². The van der Waals surface area contributed by atoms with E-state index in [0.29, 0.717) is 5.92 Å². The van der Waals surface area contributed by atoms with Crippen molar-refractivity contribution in [3.8, 4) is 0 Å². The Hall–Kier alpha value is -0.570. The van der Waals surface area contributed by atoms with E-state index in [1.165, 1.54) is 0 Å². The van der Waals surface area contributed by atoms with Crippen molar-refractivity contribution in [2.75, 3.05) is 0 Å². The van der Waals surface area contributed by atoms with Crippen LogP contribution >= 0.6 is 0 Å². The molecule has 0 bridgehead atoms. The summed E-state index contributed by atoms with van der Waals surface area (Å²) >= 11 is 0. The predicted octanol–water partition coefficient (Wildman–Crippen LogP) is 2.43. The highest BCUT2D eigenvalue weighted by Gasteiger charge is 2.56. The average molecular weight is 214 g/mol. The molecule has 1 aliphatic carbocycles. The van der Waals surface area contributed by atoms with Crippen LogP contribution < -0.4 is 0 Å². The number of rotatable bonds is 7. The van der Waals surface area contributed by atoms with Gasteiger partial charge in [-0.1, -0.05) is 39.5 Å². The number of aliphatic hydroxyl groups excluding tert-OH is 1. The minimum atomic E-state index is -1.15. The topological polar surface area (TPSA) is 57.5 Å². The Kier molecular flexibility index (Phi) is 4.14. The van der Waals surface area contributed by atoms with Crippen molar-refractivity contribution in [2.45, 2.75) is 58.5 Å². The molecule has 3 heteroatoms. The second-order valence-corrected chi connectivity index (χ2v) is 4.75. The predicted molar refractivity (Wildman–Crippen MR) is 58.6 cm³/mol. The lowest BCUT2D eigenvalue weighted by molar-refractivity contribution is -0.152. The van der Waals surface area contributed by atoms with E-state index in [4.69, 9.17) is 5.11 Å². The first kappa shape index (κ1) is 12.5. The van der Waals surface area contributed by atoms with Crippen LogP contribution in [0.5, 0.6) is 0 Å². The lowest BCUT2D eigenvalue weighted by Crippen LogP contribution is -2.36. The summed E-state index contributed by atoms with van der Waals surface area (Å²) in [4.78, 5) is 10.8. The van der Waals surface area contributed by atoms with E-state index in [1.54, 1.807) is 0 Å². The zero-order valence-corrected chi connectivity index (χ0v) is 9.70. The van der Waals surface area contributed by atoms with E-state index in [2.05, 4.69) is 13.8 Å². The van der Waals surface area contributed by atoms with Crippen LogP contribution in [0, 0.1) is 11.3 Å². The Labute approximate surface area is 91.5 Å². The molecule has 3 nitrogen and oxygen atoms in total. The molecule has 1 fully saturated rings. The lowest BCUT2D eigenvalue weighted by atomic mass is 9.78. The van der Waals surface area contributed by atoms with Crippen LogP contribution in [0.25, 0.3) is 0 Å². The van der Waals surface area contributed by atoms with E-state index in [1.807, 2.05) is 0 Å². The van der Waals surface area contributed by atoms with Crippen molar-refractivity contribution in [1.29, 1.82) is 0 Å². The van der Waals surface area contributed by atoms with E-state index >= 15 is 0 Å². The van der Waals surface area contributed by atoms with Crippen molar-refractivity contribution in [2.24, 2.45) is 11.3 Å². The van der Waals surface area contributed by atoms with Gasteiger partial charge >= 0.3 is 5.97 Å². The van der Waals surface area contributed by atoms with Gasteiger partial charge in [0.25, 0.3) is 0 Å². The van der Waals surface area contributed by atoms with Crippen LogP contribution in [0.3, 0.4) is 0 Å². The number of carboxylic acid groups (broad SMARTS) is 1. The summed E-state index contributed by atoms with van der Waals surface area (Å²) in [5.74, 6) is -0.664. The highest BCUT2D eigenvalue weighted by molar-refractivity contribution is 5.73. The summed E-state index contributed by atoms with van der Waals surface area (Å²) in [5, 5.41) is 18.6. The summed E-state index contributed by atoms with van der Waals surface area (Å²) in [6.45, 7) is 4.23. The zero-order chi connectivity index (χ0) is 11.5. The molecule has 88 valence electrons. The maximum atomic E-state index is 10.8. The number of aliphatic carboxylic acids is 1. The van der Waals surface area contributed by atoms with Gasteiger partial charge in [0.15, 0.2) is 6.10 Å². The molecule has 0 aromatic heterocycles. The SMILES string of the molecule is CCCC(CCC)C1(C(O)C(=O)O)CC1. The highest BCUT2D eigenvalue weighted by Crippen LogP contribution is 2.57. The van der Waals surface area contributed by atoms with Gasteiger partial charge in [-0.25, -0.2) is 4.79 Å². The van der Waals surface area contributed by atoms with Crippen LogP contribution in [0.2, 0.25) is 0 Å². The average Bonchev–Trinajstić information content (AvgIpc) is 2.97. The van der Waals surface area contributed by atoms with Gasteiger partial charge in [-0.2, -0.15) is 0 Å². The minimum absolute atomic E-state index is 0.294. The van der Waals surface area contributed by atoms with Crippen molar-refractivity contribution in [3.63, 3.8) is 0 Å². The molecule has 1 unspecified atom stereocenters. The van der Waals surface area contributed by atoms with Crippen molar-refractivity contribution in [1.82, 2.24) is 0 Å². The summed E-state index contributed by atoms with van der Waals surface area (Å²) in [5.41, 5.74) is -0.294. The van der Waals surface area contributed by atoms with Crippen LogP contribution in [0.1, 0.15) is 52.4 Å². The van der Waals surface area contributed by atoms with Gasteiger partial charge in [-0.3, -0.25) is 0 Å². The third-order valence-corrected chi connectivity index (χ3v) is 3.69. The van der Waals surface area contributed by atoms with Gasteiger partial charge in [0.05, 0.1) is 0 Å². The Morgan fingerprint density at radius 1 is 1.27 bits per heavy atom. The molecule has 0 aromatic rings. The highest BCUT2D eigenvalue weighted by atomic mass is 16.4. The fraction of sp³-hybridized carbons (Fsp3) is 0.917. The molecule has 0 aliphatic heterocycles. The summed E-state index contributed by atoms with van der Waals surface area (Å²) in [6.07, 6.45) is 4.82. The molecule has 0 radical (unpaired) electrons. The number of aliphatic hydroxyl groups is 1. The number of carbonyl (C=O) groups is 1. The molecule has 0 heterocycles. The Morgan fingerprint density at radius 3 is 2.00 bits per heavy atom.